The van der Waals surface area contributed by atoms with Gasteiger partial charge in [-0.05, 0) is 23.8 Å². The van der Waals surface area contributed by atoms with E-state index in [0.29, 0.717) is 0 Å². The molecule has 0 aliphatic rings. The number of nitriles is 1. The van der Waals surface area contributed by atoms with Crippen molar-refractivity contribution in [3.8, 4) is 6.07 Å². The first-order chi connectivity index (χ1) is 9.36. The van der Waals surface area contributed by atoms with E-state index >= 15 is 0 Å². The van der Waals surface area contributed by atoms with Crippen LogP contribution >= 0.6 is 23.1 Å². The van der Waals surface area contributed by atoms with Crippen LogP contribution in [-0.4, -0.2) is 4.98 Å². The van der Waals surface area contributed by atoms with E-state index in [1.165, 1.54) is 4.70 Å². The van der Waals surface area contributed by atoms with Crippen molar-refractivity contribution in [3.05, 3.63) is 59.7 Å². The van der Waals surface area contributed by atoms with Crippen LogP contribution in [0.3, 0.4) is 0 Å². The smallest absolute Gasteiger partial charge is 0.151 e. The zero-order valence-corrected chi connectivity index (χ0v) is 11.7. The van der Waals surface area contributed by atoms with Gasteiger partial charge in [0, 0.05) is 5.75 Å². The van der Waals surface area contributed by atoms with E-state index in [2.05, 4.69) is 17.1 Å². The SMILES string of the molecule is N#Cc1ccccc1CSc1nc2ccccc2s1. The van der Waals surface area contributed by atoms with Crippen LogP contribution in [0.2, 0.25) is 0 Å². The standard InChI is InChI=1S/C15H10N2S2/c16-9-11-5-1-2-6-12(11)10-18-15-17-13-7-3-4-8-14(13)19-15/h1-8H,10H2. The van der Waals surface area contributed by atoms with Gasteiger partial charge >= 0.3 is 0 Å². The van der Waals surface area contributed by atoms with Gasteiger partial charge in [0.15, 0.2) is 4.34 Å². The Balaban J connectivity index is 1.81. The molecule has 3 aromatic rings. The van der Waals surface area contributed by atoms with E-state index in [9.17, 15) is 0 Å². The number of thioether (sulfide) groups is 1. The Morgan fingerprint density at radius 3 is 2.74 bits per heavy atom. The van der Waals surface area contributed by atoms with Crippen LogP contribution in [0.4, 0.5) is 0 Å². The van der Waals surface area contributed by atoms with Crippen LogP contribution in [0.5, 0.6) is 0 Å². The highest BCUT2D eigenvalue weighted by Gasteiger charge is 2.06. The Morgan fingerprint density at radius 2 is 1.89 bits per heavy atom. The van der Waals surface area contributed by atoms with E-state index in [4.69, 9.17) is 5.26 Å². The van der Waals surface area contributed by atoms with Gasteiger partial charge in [-0.2, -0.15) is 5.26 Å². The molecule has 0 unspecified atom stereocenters. The van der Waals surface area contributed by atoms with Crippen LogP contribution < -0.4 is 0 Å². The maximum atomic E-state index is 9.06. The molecule has 0 bridgehead atoms. The third-order valence-corrected chi connectivity index (χ3v) is 4.99. The summed E-state index contributed by atoms with van der Waals surface area (Å²) in [4.78, 5) is 4.58. The number of fused-ring (bicyclic) bond motifs is 1. The molecule has 2 nitrogen and oxygen atoms in total. The summed E-state index contributed by atoms with van der Waals surface area (Å²) in [7, 11) is 0. The fraction of sp³-hybridized carbons (Fsp3) is 0.0667. The summed E-state index contributed by atoms with van der Waals surface area (Å²) in [5, 5.41) is 9.06. The number of para-hydroxylation sites is 1. The topological polar surface area (TPSA) is 36.7 Å². The average molecular weight is 282 g/mol. The molecule has 2 aromatic carbocycles. The lowest BCUT2D eigenvalue weighted by atomic mass is 10.1. The van der Waals surface area contributed by atoms with E-state index in [0.717, 1.165) is 26.7 Å². The van der Waals surface area contributed by atoms with Gasteiger partial charge in [-0.1, -0.05) is 42.1 Å². The van der Waals surface area contributed by atoms with Crippen LogP contribution in [0.1, 0.15) is 11.1 Å². The van der Waals surface area contributed by atoms with Gasteiger partial charge in [-0.15, -0.1) is 11.3 Å². The average Bonchev–Trinajstić information content (AvgIpc) is 2.88. The van der Waals surface area contributed by atoms with Crippen molar-refractivity contribution in [1.29, 1.82) is 5.26 Å². The van der Waals surface area contributed by atoms with Crippen LogP contribution in [-0.2, 0) is 5.75 Å². The zero-order chi connectivity index (χ0) is 13.1. The number of benzene rings is 2. The summed E-state index contributed by atoms with van der Waals surface area (Å²) < 4.78 is 2.26. The molecule has 0 amide bonds. The second kappa shape index (κ2) is 5.43. The van der Waals surface area contributed by atoms with Gasteiger partial charge in [0.25, 0.3) is 0 Å². The fourth-order valence-corrected chi connectivity index (χ4v) is 3.88. The second-order valence-corrected chi connectivity index (χ2v) is 6.26. The molecule has 1 aromatic heterocycles. The quantitative estimate of drug-likeness (QED) is 0.665. The zero-order valence-electron chi connectivity index (χ0n) is 10.0. The van der Waals surface area contributed by atoms with Crippen LogP contribution in [0, 0.1) is 11.3 Å². The fourth-order valence-electron chi connectivity index (χ4n) is 1.81. The van der Waals surface area contributed by atoms with Crippen molar-refractivity contribution in [2.45, 2.75) is 10.1 Å². The van der Waals surface area contributed by atoms with E-state index in [1.807, 2.05) is 42.5 Å². The summed E-state index contributed by atoms with van der Waals surface area (Å²) in [6, 6.07) is 18.1. The van der Waals surface area contributed by atoms with Gasteiger partial charge in [0.05, 0.1) is 21.8 Å². The summed E-state index contributed by atoms with van der Waals surface area (Å²) in [6.07, 6.45) is 0. The molecule has 0 radical (unpaired) electrons. The molecule has 0 fully saturated rings. The van der Waals surface area contributed by atoms with Crippen molar-refractivity contribution in [1.82, 2.24) is 4.98 Å². The first-order valence-corrected chi connectivity index (χ1v) is 7.63. The molecule has 0 aliphatic heterocycles. The molecule has 0 saturated carbocycles. The summed E-state index contributed by atoms with van der Waals surface area (Å²) >= 11 is 3.38. The van der Waals surface area contributed by atoms with E-state index in [1.54, 1.807) is 23.1 Å². The van der Waals surface area contributed by atoms with Gasteiger partial charge < -0.3 is 0 Å². The number of aromatic nitrogens is 1. The van der Waals surface area contributed by atoms with Gasteiger partial charge in [-0.25, -0.2) is 4.98 Å². The predicted molar refractivity (Wildman–Crippen MR) is 80.3 cm³/mol. The molecule has 19 heavy (non-hydrogen) atoms. The summed E-state index contributed by atoms with van der Waals surface area (Å²) in [5.74, 6) is 0.781. The molecule has 4 heteroatoms. The minimum atomic E-state index is 0.746. The minimum absolute atomic E-state index is 0.746. The third-order valence-electron chi connectivity index (χ3n) is 2.76. The third kappa shape index (κ3) is 2.62. The number of thiazole rings is 1. The molecular formula is C15H10N2S2. The Labute approximate surface area is 119 Å². The largest absolute Gasteiger partial charge is 0.230 e. The highest BCUT2D eigenvalue weighted by atomic mass is 32.2. The summed E-state index contributed by atoms with van der Waals surface area (Å²) in [5.41, 5.74) is 2.86. The molecule has 0 spiro atoms. The van der Waals surface area contributed by atoms with Crippen LogP contribution in [0.25, 0.3) is 10.2 Å². The predicted octanol–water partition coefficient (Wildman–Crippen LogP) is 4.46. The lowest BCUT2D eigenvalue weighted by molar-refractivity contribution is 1.28. The van der Waals surface area contributed by atoms with Gasteiger partial charge in [0.2, 0.25) is 0 Å². The molecule has 0 atom stereocenters. The molecule has 1 heterocycles. The monoisotopic (exact) mass is 282 g/mol. The molecule has 0 N–H and O–H groups in total. The van der Waals surface area contributed by atoms with Gasteiger partial charge in [-0.3, -0.25) is 0 Å². The number of hydrogen-bond acceptors (Lipinski definition) is 4. The van der Waals surface area contributed by atoms with Crippen molar-refractivity contribution in [2.24, 2.45) is 0 Å². The summed E-state index contributed by atoms with van der Waals surface area (Å²) in [6.45, 7) is 0. The first-order valence-electron chi connectivity index (χ1n) is 5.83. The minimum Gasteiger partial charge on any atom is -0.230 e. The highest BCUT2D eigenvalue weighted by Crippen LogP contribution is 2.31. The molecule has 0 saturated heterocycles. The Bertz CT molecular complexity index is 723. The van der Waals surface area contributed by atoms with Crippen molar-refractivity contribution < 1.29 is 0 Å². The molecular weight excluding hydrogens is 272 g/mol. The normalized spacial score (nSPS) is 10.5. The maximum absolute atomic E-state index is 9.06. The second-order valence-electron chi connectivity index (χ2n) is 4.01. The van der Waals surface area contributed by atoms with Crippen LogP contribution in [0.15, 0.2) is 52.9 Å². The first kappa shape index (κ1) is 12.2. The highest BCUT2D eigenvalue weighted by molar-refractivity contribution is 8.00. The number of nitrogens with zero attached hydrogens (tertiary/aromatic N) is 2. The molecule has 0 aliphatic carbocycles. The van der Waals surface area contributed by atoms with Crippen molar-refractivity contribution >= 4 is 33.3 Å². The Hall–Kier alpha value is -1.83. The van der Waals surface area contributed by atoms with E-state index < -0.39 is 0 Å². The van der Waals surface area contributed by atoms with Gasteiger partial charge in [0.1, 0.15) is 0 Å². The molecule has 92 valence electrons. The van der Waals surface area contributed by atoms with Crippen molar-refractivity contribution in [3.63, 3.8) is 0 Å². The van der Waals surface area contributed by atoms with Crippen molar-refractivity contribution in [2.75, 3.05) is 0 Å². The maximum Gasteiger partial charge on any atom is 0.151 e. The molecule has 3 rings (SSSR count). The number of hydrogen-bond donors (Lipinski definition) is 0. The lowest BCUT2D eigenvalue weighted by Gasteiger charge is -2.00. The Kier molecular flexibility index (Phi) is 3.49. The van der Waals surface area contributed by atoms with E-state index in [-0.39, 0.29) is 0 Å². The number of rotatable bonds is 3. The lowest BCUT2D eigenvalue weighted by Crippen LogP contribution is -1.86. The Morgan fingerprint density at radius 1 is 1.11 bits per heavy atom.